The number of pyridine rings is 1. The third-order valence-corrected chi connectivity index (χ3v) is 7.42. The Labute approximate surface area is 251 Å². The third-order valence-electron chi connectivity index (χ3n) is 7.42. The van der Waals surface area contributed by atoms with Crippen LogP contribution in [0.3, 0.4) is 0 Å². The van der Waals surface area contributed by atoms with Crippen LogP contribution in [0.5, 0.6) is 0 Å². The fourth-order valence-corrected chi connectivity index (χ4v) is 5.32. The fourth-order valence-electron chi connectivity index (χ4n) is 5.32. The first-order valence-corrected chi connectivity index (χ1v) is 14.0. The highest BCUT2D eigenvalue weighted by Gasteiger charge is 2.27. The van der Waals surface area contributed by atoms with E-state index in [2.05, 4.69) is 37.9 Å². The van der Waals surface area contributed by atoms with E-state index in [0.29, 0.717) is 46.2 Å². The average molecular weight is 589 g/mol. The van der Waals surface area contributed by atoms with Crippen molar-refractivity contribution >= 4 is 40.0 Å². The predicted octanol–water partition coefficient (Wildman–Crippen LogP) is 1.85. The number of hydrogen-bond acceptors (Lipinski definition) is 7. The Morgan fingerprint density at radius 2 is 1.95 bits per heavy atom. The van der Waals surface area contributed by atoms with Crippen LogP contribution in [0.2, 0.25) is 0 Å². The number of benzene rings is 2. The van der Waals surface area contributed by atoms with Crippen LogP contribution in [0, 0.1) is 11.8 Å². The van der Waals surface area contributed by atoms with E-state index in [1.54, 1.807) is 42.1 Å². The molecule has 3 aromatic heterocycles. The molecule has 1 saturated heterocycles. The van der Waals surface area contributed by atoms with Crippen molar-refractivity contribution in [3.63, 3.8) is 0 Å². The van der Waals surface area contributed by atoms with E-state index >= 15 is 0 Å². The van der Waals surface area contributed by atoms with E-state index in [1.807, 2.05) is 42.5 Å². The molecule has 1 fully saturated rings. The first kappa shape index (κ1) is 28.2. The zero-order valence-corrected chi connectivity index (χ0v) is 23.7. The number of nitrogen functional groups attached to an aromatic ring is 1. The molecule has 12 heteroatoms. The minimum absolute atomic E-state index is 0.0414. The minimum Gasteiger partial charge on any atom is -0.381 e. The fraction of sp³-hybridized carbons (Fsp3) is 0.188. The van der Waals surface area contributed by atoms with Crippen molar-refractivity contribution in [2.75, 3.05) is 12.3 Å². The second-order valence-electron chi connectivity index (χ2n) is 10.3. The molecule has 5 aromatic rings. The van der Waals surface area contributed by atoms with Crippen molar-refractivity contribution in [2.24, 2.45) is 0 Å². The molecule has 0 saturated carbocycles. The quantitative estimate of drug-likeness (QED) is 0.220. The van der Waals surface area contributed by atoms with Crippen LogP contribution in [-0.2, 0) is 9.59 Å². The summed E-state index contributed by atoms with van der Waals surface area (Å²) in [5.74, 6) is 5.06. The number of aromatic nitrogens is 4. The molecule has 44 heavy (non-hydrogen) atoms. The van der Waals surface area contributed by atoms with Crippen LogP contribution in [0.4, 0.5) is 5.82 Å². The predicted molar refractivity (Wildman–Crippen MR) is 164 cm³/mol. The molecule has 4 heterocycles. The lowest BCUT2D eigenvalue weighted by molar-refractivity contribution is -0.125. The van der Waals surface area contributed by atoms with E-state index in [4.69, 9.17) is 5.73 Å². The Kier molecular flexibility index (Phi) is 7.51. The van der Waals surface area contributed by atoms with Gasteiger partial charge in [-0.1, -0.05) is 42.2 Å². The maximum absolute atomic E-state index is 14.2. The molecule has 0 spiro atoms. The van der Waals surface area contributed by atoms with Crippen LogP contribution < -0.4 is 27.2 Å². The zero-order valence-electron chi connectivity index (χ0n) is 23.7. The lowest BCUT2D eigenvalue weighted by Gasteiger charge is -2.21. The standard InChI is InChI=1S/C32H28N8O4/c1-19(36-31(43)27-28(33)38-39-17-7-16-34-29(27)39)24-18-21-9-5-8-20(10-6-15-35-30(42)23-13-14-25(41)37-23)26(21)32(44)40(24)22-11-3-2-4-12-22/h2-5,7-9,11-12,16-19,23H,13-15H2,1H3,(H2,33,38)(H,35,42)(H,36,43)(H,37,41)/t19-,23-/m0/s1. The van der Waals surface area contributed by atoms with Crippen molar-refractivity contribution in [2.45, 2.75) is 31.8 Å². The number of nitrogens with two attached hydrogens (primary N) is 1. The van der Waals surface area contributed by atoms with Crippen LogP contribution in [0.1, 0.15) is 47.4 Å². The molecule has 5 N–H and O–H groups in total. The molecule has 0 aliphatic carbocycles. The molecular weight excluding hydrogens is 560 g/mol. The number of nitrogens with one attached hydrogen (secondary N) is 3. The van der Waals surface area contributed by atoms with E-state index in [0.717, 1.165) is 0 Å². The highest BCUT2D eigenvalue weighted by molar-refractivity contribution is 6.04. The van der Waals surface area contributed by atoms with Gasteiger partial charge in [0.2, 0.25) is 11.8 Å². The van der Waals surface area contributed by atoms with Gasteiger partial charge in [0, 0.05) is 35.8 Å². The molecule has 2 atom stereocenters. The van der Waals surface area contributed by atoms with E-state index in [9.17, 15) is 19.2 Å². The second-order valence-corrected chi connectivity index (χ2v) is 10.3. The van der Waals surface area contributed by atoms with Gasteiger partial charge < -0.3 is 21.7 Å². The molecule has 12 nitrogen and oxygen atoms in total. The summed E-state index contributed by atoms with van der Waals surface area (Å²) in [4.78, 5) is 55.6. The summed E-state index contributed by atoms with van der Waals surface area (Å²) in [5.41, 5.74) is 7.87. The summed E-state index contributed by atoms with van der Waals surface area (Å²) >= 11 is 0. The van der Waals surface area contributed by atoms with Gasteiger partial charge in [-0.15, -0.1) is 5.10 Å². The summed E-state index contributed by atoms with van der Waals surface area (Å²) in [7, 11) is 0. The highest BCUT2D eigenvalue weighted by atomic mass is 16.2. The monoisotopic (exact) mass is 588 g/mol. The number of amides is 3. The van der Waals surface area contributed by atoms with Crippen molar-refractivity contribution in [3.8, 4) is 17.5 Å². The molecule has 6 rings (SSSR count). The molecule has 1 aliphatic rings. The third kappa shape index (κ3) is 5.34. The van der Waals surface area contributed by atoms with Crippen LogP contribution in [-0.4, -0.2) is 49.5 Å². The number of rotatable bonds is 6. The Bertz CT molecular complexity index is 2060. The Balaban J connectivity index is 1.35. The van der Waals surface area contributed by atoms with Crippen LogP contribution in [0.25, 0.3) is 22.1 Å². The van der Waals surface area contributed by atoms with Gasteiger partial charge in [0.15, 0.2) is 11.5 Å². The summed E-state index contributed by atoms with van der Waals surface area (Å²) in [6, 6.07) is 16.8. The van der Waals surface area contributed by atoms with Gasteiger partial charge >= 0.3 is 0 Å². The SMILES string of the molecule is C[C@H](NC(=O)c1c(N)nn2cccnc12)c1cc2cccc(C#CCNC(=O)[C@@H]3CCC(=O)N3)c2c(=O)n1-c1ccccc1. The van der Waals surface area contributed by atoms with Crippen molar-refractivity contribution in [1.82, 2.24) is 35.1 Å². The first-order valence-electron chi connectivity index (χ1n) is 14.0. The number of anilines is 1. The molecule has 0 radical (unpaired) electrons. The van der Waals surface area contributed by atoms with Gasteiger partial charge in [0.05, 0.1) is 18.0 Å². The lowest BCUT2D eigenvalue weighted by Crippen LogP contribution is -2.41. The highest BCUT2D eigenvalue weighted by Crippen LogP contribution is 2.24. The second kappa shape index (κ2) is 11.7. The molecule has 2 aromatic carbocycles. The van der Waals surface area contributed by atoms with Gasteiger partial charge in [0.25, 0.3) is 11.5 Å². The topological polar surface area (TPSA) is 166 Å². The van der Waals surface area contributed by atoms with Gasteiger partial charge in [-0.2, -0.15) is 0 Å². The van der Waals surface area contributed by atoms with E-state index in [-0.39, 0.29) is 35.3 Å². The Morgan fingerprint density at radius 3 is 2.73 bits per heavy atom. The number of para-hydroxylation sites is 1. The Hall–Kier alpha value is -5.96. The number of nitrogens with zero attached hydrogens (tertiary/aromatic N) is 4. The van der Waals surface area contributed by atoms with Crippen LogP contribution in [0.15, 0.2) is 77.9 Å². The number of carbonyl (C=O) groups excluding carboxylic acids is 3. The van der Waals surface area contributed by atoms with Crippen molar-refractivity contribution in [3.05, 3.63) is 100 Å². The minimum atomic E-state index is -0.626. The van der Waals surface area contributed by atoms with Crippen molar-refractivity contribution in [1.29, 1.82) is 0 Å². The maximum Gasteiger partial charge on any atom is 0.264 e. The van der Waals surface area contributed by atoms with Crippen molar-refractivity contribution < 1.29 is 14.4 Å². The van der Waals surface area contributed by atoms with Gasteiger partial charge in [-0.05, 0) is 49.1 Å². The first-order chi connectivity index (χ1) is 21.3. The lowest BCUT2D eigenvalue weighted by atomic mass is 10.0. The van der Waals surface area contributed by atoms with Gasteiger partial charge in [0.1, 0.15) is 11.6 Å². The summed E-state index contributed by atoms with van der Waals surface area (Å²) in [6.07, 6.45) is 3.98. The summed E-state index contributed by atoms with van der Waals surface area (Å²) in [6.45, 7) is 1.84. The smallest absolute Gasteiger partial charge is 0.264 e. The van der Waals surface area contributed by atoms with Crippen LogP contribution >= 0.6 is 0 Å². The number of fused-ring (bicyclic) bond motifs is 2. The number of carbonyl (C=O) groups is 3. The molecule has 1 aliphatic heterocycles. The molecule has 0 bridgehead atoms. The molecular formula is C32H28N8O4. The largest absolute Gasteiger partial charge is 0.381 e. The molecule has 220 valence electrons. The van der Waals surface area contributed by atoms with E-state index < -0.39 is 18.0 Å². The Morgan fingerprint density at radius 1 is 1.14 bits per heavy atom. The normalized spacial score (nSPS) is 14.9. The van der Waals surface area contributed by atoms with E-state index in [1.165, 1.54) is 4.52 Å². The number of hydrogen-bond donors (Lipinski definition) is 4. The molecule has 3 amide bonds. The summed E-state index contributed by atoms with van der Waals surface area (Å²) in [5, 5.41) is 13.5. The summed E-state index contributed by atoms with van der Waals surface area (Å²) < 4.78 is 2.99. The van der Waals surface area contributed by atoms with Gasteiger partial charge in [-0.25, -0.2) is 9.50 Å². The maximum atomic E-state index is 14.2. The average Bonchev–Trinajstić information content (AvgIpc) is 3.61. The van der Waals surface area contributed by atoms with Gasteiger partial charge in [-0.3, -0.25) is 23.7 Å². The molecule has 0 unspecified atom stereocenters. The zero-order chi connectivity index (χ0) is 30.8.